The summed E-state index contributed by atoms with van der Waals surface area (Å²) in [6.45, 7) is 1.97. The van der Waals surface area contributed by atoms with Crippen LogP contribution >= 0.6 is 11.3 Å². The molecule has 0 radical (unpaired) electrons. The monoisotopic (exact) mass is 305 g/mol. The number of amides is 1. The maximum absolute atomic E-state index is 11.8. The van der Waals surface area contributed by atoms with E-state index in [0.717, 1.165) is 10.4 Å². The van der Waals surface area contributed by atoms with Gasteiger partial charge in [-0.1, -0.05) is 30.3 Å². The summed E-state index contributed by atoms with van der Waals surface area (Å²) < 4.78 is 9.58. The molecular formula is C15H15NO4S. The van der Waals surface area contributed by atoms with Gasteiger partial charge in [-0.3, -0.25) is 5.32 Å². The number of methoxy groups -OCH3 is 1. The molecule has 1 aromatic carbocycles. The highest BCUT2D eigenvalue weighted by atomic mass is 32.1. The van der Waals surface area contributed by atoms with Crippen LogP contribution in [0.1, 0.15) is 17.3 Å². The van der Waals surface area contributed by atoms with Crippen molar-refractivity contribution in [1.29, 1.82) is 0 Å². The lowest BCUT2D eigenvalue weighted by molar-refractivity contribution is 0.0602. The van der Waals surface area contributed by atoms with Gasteiger partial charge in [0.25, 0.3) is 0 Å². The van der Waals surface area contributed by atoms with Gasteiger partial charge in [0, 0.05) is 4.88 Å². The van der Waals surface area contributed by atoms with Gasteiger partial charge >= 0.3 is 12.1 Å². The summed E-state index contributed by atoms with van der Waals surface area (Å²) in [4.78, 5) is 24.2. The first-order valence-electron chi connectivity index (χ1n) is 6.37. The molecule has 1 amide bonds. The van der Waals surface area contributed by atoms with Gasteiger partial charge in [0.15, 0.2) is 0 Å². The van der Waals surface area contributed by atoms with Crippen molar-refractivity contribution >= 4 is 28.4 Å². The van der Waals surface area contributed by atoms with E-state index in [2.05, 4.69) is 5.32 Å². The summed E-state index contributed by atoms with van der Waals surface area (Å²) in [7, 11) is 1.30. The zero-order chi connectivity index (χ0) is 15.2. The van der Waals surface area contributed by atoms with Crippen molar-refractivity contribution in [2.24, 2.45) is 0 Å². The summed E-state index contributed by atoms with van der Waals surface area (Å²) in [5.41, 5.74) is 1.28. The fourth-order valence-electron chi connectivity index (χ4n) is 1.75. The smallest absolute Gasteiger partial charge is 0.412 e. The maximum atomic E-state index is 11.8. The van der Waals surface area contributed by atoms with Crippen LogP contribution < -0.4 is 5.32 Å². The van der Waals surface area contributed by atoms with Gasteiger partial charge in [-0.2, -0.15) is 0 Å². The fourth-order valence-corrected chi connectivity index (χ4v) is 2.79. The van der Waals surface area contributed by atoms with Crippen molar-refractivity contribution in [2.45, 2.75) is 6.92 Å². The molecule has 0 saturated carbocycles. The molecule has 2 rings (SSSR count). The lowest BCUT2D eigenvalue weighted by atomic mass is 10.1. The van der Waals surface area contributed by atoms with E-state index < -0.39 is 12.1 Å². The van der Waals surface area contributed by atoms with E-state index in [4.69, 9.17) is 9.47 Å². The van der Waals surface area contributed by atoms with E-state index in [0.29, 0.717) is 10.6 Å². The zero-order valence-electron chi connectivity index (χ0n) is 11.7. The maximum Gasteiger partial charge on any atom is 0.412 e. The van der Waals surface area contributed by atoms with E-state index in [1.807, 2.05) is 30.3 Å². The van der Waals surface area contributed by atoms with Crippen LogP contribution in [0.4, 0.5) is 9.80 Å². The van der Waals surface area contributed by atoms with Crippen molar-refractivity contribution in [3.05, 3.63) is 42.0 Å². The predicted molar refractivity (Wildman–Crippen MR) is 81.7 cm³/mol. The largest absolute Gasteiger partial charge is 0.465 e. The Morgan fingerprint density at radius 3 is 2.57 bits per heavy atom. The van der Waals surface area contributed by atoms with E-state index in [1.54, 1.807) is 13.0 Å². The lowest BCUT2D eigenvalue weighted by Gasteiger charge is -2.04. The summed E-state index contributed by atoms with van der Waals surface area (Å²) in [5, 5.41) is 2.99. The number of benzene rings is 1. The number of hydrogen-bond donors (Lipinski definition) is 1. The first kappa shape index (κ1) is 15.1. The van der Waals surface area contributed by atoms with Gasteiger partial charge < -0.3 is 9.47 Å². The number of thiophene rings is 1. The van der Waals surface area contributed by atoms with Crippen LogP contribution in [0.3, 0.4) is 0 Å². The Kier molecular flexibility index (Phi) is 4.94. The molecule has 0 aliphatic carbocycles. The molecule has 1 heterocycles. The molecule has 21 heavy (non-hydrogen) atoms. The highest BCUT2D eigenvalue weighted by Gasteiger charge is 2.19. The second-order valence-electron chi connectivity index (χ2n) is 4.06. The highest BCUT2D eigenvalue weighted by molar-refractivity contribution is 7.20. The lowest BCUT2D eigenvalue weighted by Crippen LogP contribution is -2.14. The van der Waals surface area contributed by atoms with Gasteiger partial charge in [0.1, 0.15) is 5.00 Å². The Bertz CT molecular complexity index is 636. The normalized spacial score (nSPS) is 10.0. The number of esters is 1. The number of carbonyl (C=O) groups is 2. The number of hydrogen-bond acceptors (Lipinski definition) is 5. The molecule has 0 atom stereocenters. The van der Waals surface area contributed by atoms with Gasteiger partial charge in [-0.15, -0.1) is 11.3 Å². The molecule has 2 aromatic rings. The third-order valence-electron chi connectivity index (χ3n) is 2.69. The first-order chi connectivity index (χ1) is 10.2. The van der Waals surface area contributed by atoms with Crippen LogP contribution in [0, 0.1) is 0 Å². The Labute approximate surface area is 126 Å². The number of nitrogens with one attached hydrogen (secondary N) is 1. The van der Waals surface area contributed by atoms with Crippen molar-refractivity contribution < 1.29 is 19.1 Å². The zero-order valence-corrected chi connectivity index (χ0v) is 12.5. The van der Waals surface area contributed by atoms with E-state index in [1.165, 1.54) is 18.4 Å². The molecule has 0 aliphatic rings. The first-order valence-corrected chi connectivity index (χ1v) is 7.18. The number of rotatable bonds is 4. The Hall–Kier alpha value is -2.34. The minimum Gasteiger partial charge on any atom is -0.465 e. The third-order valence-corrected chi connectivity index (χ3v) is 3.79. The van der Waals surface area contributed by atoms with Gasteiger partial charge in [-0.25, -0.2) is 9.59 Å². The van der Waals surface area contributed by atoms with Gasteiger partial charge in [0.2, 0.25) is 0 Å². The second-order valence-corrected chi connectivity index (χ2v) is 5.11. The third kappa shape index (κ3) is 3.61. The van der Waals surface area contributed by atoms with Gasteiger partial charge in [0.05, 0.1) is 19.3 Å². The molecule has 0 fully saturated rings. The summed E-state index contributed by atoms with van der Waals surface area (Å²) in [5.74, 6) is -0.500. The van der Waals surface area contributed by atoms with Crippen LogP contribution in [0.25, 0.3) is 10.4 Å². The molecule has 110 valence electrons. The number of carbonyl (C=O) groups excluding carboxylic acids is 2. The SMILES string of the molecule is CCOC(=O)Nc1sc(-c2ccccc2)cc1C(=O)OC. The van der Waals surface area contributed by atoms with Gasteiger partial charge in [-0.05, 0) is 18.6 Å². The molecule has 6 heteroatoms. The molecule has 1 N–H and O–H groups in total. The quantitative estimate of drug-likeness (QED) is 0.873. The van der Waals surface area contributed by atoms with Crippen LogP contribution in [-0.2, 0) is 9.47 Å². The average Bonchev–Trinajstić information content (AvgIpc) is 2.91. The van der Waals surface area contributed by atoms with Crippen LogP contribution in [0.2, 0.25) is 0 Å². The predicted octanol–water partition coefficient (Wildman–Crippen LogP) is 3.77. The molecule has 0 aliphatic heterocycles. The molecule has 0 bridgehead atoms. The Morgan fingerprint density at radius 2 is 1.95 bits per heavy atom. The summed E-state index contributed by atoms with van der Waals surface area (Å²) >= 11 is 1.30. The van der Waals surface area contributed by atoms with Crippen molar-refractivity contribution in [1.82, 2.24) is 0 Å². The minimum atomic E-state index is -0.593. The number of ether oxygens (including phenoxy) is 2. The van der Waals surface area contributed by atoms with E-state index in [9.17, 15) is 9.59 Å². The fraction of sp³-hybridized carbons (Fsp3) is 0.200. The molecule has 5 nitrogen and oxygen atoms in total. The molecule has 1 aromatic heterocycles. The number of anilines is 1. The Morgan fingerprint density at radius 1 is 1.24 bits per heavy atom. The second kappa shape index (κ2) is 6.90. The summed E-state index contributed by atoms with van der Waals surface area (Å²) in [6, 6.07) is 11.3. The van der Waals surface area contributed by atoms with Crippen LogP contribution in [0.15, 0.2) is 36.4 Å². The minimum absolute atomic E-state index is 0.260. The Balaban J connectivity index is 2.36. The van der Waals surface area contributed by atoms with Crippen molar-refractivity contribution in [3.63, 3.8) is 0 Å². The van der Waals surface area contributed by atoms with E-state index in [-0.39, 0.29) is 6.61 Å². The highest BCUT2D eigenvalue weighted by Crippen LogP contribution is 2.35. The standard InChI is InChI=1S/C15H15NO4S/c1-3-20-15(18)16-13-11(14(17)19-2)9-12(21-13)10-7-5-4-6-8-10/h4-9H,3H2,1-2H3,(H,16,18). The molecule has 0 unspecified atom stereocenters. The molecule has 0 spiro atoms. The topological polar surface area (TPSA) is 64.6 Å². The van der Waals surface area contributed by atoms with Crippen molar-refractivity contribution in [2.75, 3.05) is 19.0 Å². The van der Waals surface area contributed by atoms with E-state index >= 15 is 0 Å². The molecule has 0 saturated heterocycles. The molecular weight excluding hydrogens is 290 g/mol. The average molecular weight is 305 g/mol. The van der Waals surface area contributed by atoms with Crippen LogP contribution in [0.5, 0.6) is 0 Å². The summed E-state index contributed by atoms with van der Waals surface area (Å²) in [6.07, 6.45) is -0.593. The van der Waals surface area contributed by atoms with Crippen molar-refractivity contribution in [3.8, 4) is 10.4 Å². The van der Waals surface area contributed by atoms with Crippen LogP contribution in [-0.4, -0.2) is 25.8 Å².